The van der Waals surface area contributed by atoms with E-state index in [9.17, 15) is 32.7 Å². The van der Waals surface area contributed by atoms with Gasteiger partial charge >= 0.3 is 5.97 Å². The Hall–Kier alpha value is -3.53. The van der Waals surface area contributed by atoms with Gasteiger partial charge in [-0.15, -0.1) is 0 Å². The average Bonchev–Trinajstić information content (AvgIpc) is 3.22. The van der Waals surface area contributed by atoms with Gasteiger partial charge in [0.25, 0.3) is 0 Å². The van der Waals surface area contributed by atoms with Crippen LogP contribution in [0.3, 0.4) is 0 Å². The number of halogens is 4. The summed E-state index contributed by atoms with van der Waals surface area (Å²) in [7, 11) is 0. The summed E-state index contributed by atoms with van der Waals surface area (Å²) in [5.74, 6) is -5.58. The van der Waals surface area contributed by atoms with Gasteiger partial charge in [-0.25, -0.2) is 18.0 Å². The van der Waals surface area contributed by atoms with Gasteiger partial charge in [0.2, 0.25) is 11.8 Å². The van der Waals surface area contributed by atoms with Crippen molar-refractivity contribution in [1.82, 2.24) is 15.6 Å². The van der Waals surface area contributed by atoms with Crippen LogP contribution in [0, 0.1) is 23.4 Å². The number of hydrogen-bond donors (Lipinski definition) is 4. The number of aromatic nitrogens is 1. The normalized spacial score (nSPS) is 18.5. The fourth-order valence-electron chi connectivity index (χ4n) is 4.92. The first-order valence-electron chi connectivity index (χ1n) is 12.2. The lowest BCUT2D eigenvalue weighted by Gasteiger charge is -2.36. The van der Waals surface area contributed by atoms with Crippen molar-refractivity contribution in [2.75, 3.05) is 0 Å². The lowest BCUT2D eigenvalue weighted by atomic mass is 9.79. The Kier molecular flexibility index (Phi) is 7.73. The molecule has 2 aromatic carbocycles. The Morgan fingerprint density at radius 2 is 1.87 bits per heavy atom. The van der Waals surface area contributed by atoms with E-state index in [0.29, 0.717) is 28.6 Å². The van der Waals surface area contributed by atoms with Gasteiger partial charge in [-0.05, 0) is 48.6 Å². The minimum atomic E-state index is -1.73. The zero-order valence-corrected chi connectivity index (χ0v) is 21.5. The van der Waals surface area contributed by atoms with E-state index in [-0.39, 0.29) is 24.3 Å². The van der Waals surface area contributed by atoms with E-state index in [1.165, 1.54) is 12.1 Å². The Balaban J connectivity index is 1.59. The summed E-state index contributed by atoms with van der Waals surface area (Å²) in [6, 6.07) is 4.50. The second-order valence-corrected chi connectivity index (χ2v) is 10.2. The first-order chi connectivity index (χ1) is 18.0. The van der Waals surface area contributed by atoms with E-state index in [0.717, 1.165) is 18.2 Å². The van der Waals surface area contributed by atoms with E-state index in [2.05, 4.69) is 15.6 Å². The molecule has 3 aromatic rings. The molecule has 0 spiro atoms. The number of aromatic amines is 1. The highest BCUT2D eigenvalue weighted by Gasteiger charge is 2.45. The quantitative estimate of drug-likeness (QED) is 0.333. The molecule has 1 heterocycles. The Morgan fingerprint density at radius 3 is 2.50 bits per heavy atom. The predicted octanol–water partition coefficient (Wildman–Crippen LogP) is 4.44. The minimum Gasteiger partial charge on any atom is -0.479 e. The van der Waals surface area contributed by atoms with Crippen molar-refractivity contribution in [1.29, 1.82) is 0 Å². The SMILES string of the molecule is CCC(C)C(NC(=O)Cc1c(F)cccc1F)C(=O)NC1(C(=O)O)CCc2[nH]c3c(Cl)cc(F)cc3c2C1. The molecule has 1 aliphatic rings. The summed E-state index contributed by atoms with van der Waals surface area (Å²) in [6.07, 6.45) is -0.0213. The second kappa shape index (κ2) is 10.7. The van der Waals surface area contributed by atoms with E-state index < -0.39 is 64.7 Å². The first kappa shape index (κ1) is 27.5. The van der Waals surface area contributed by atoms with E-state index >= 15 is 0 Å². The molecule has 0 radical (unpaired) electrons. The second-order valence-electron chi connectivity index (χ2n) is 9.75. The van der Waals surface area contributed by atoms with Crippen LogP contribution in [-0.4, -0.2) is 39.5 Å². The summed E-state index contributed by atoms with van der Waals surface area (Å²) >= 11 is 6.17. The van der Waals surface area contributed by atoms with Crippen LogP contribution in [0.1, 0.15) is 43.5 Å². The fourth-order valence-corrected chi connectivity index (χ4v) is 5.17. The standard InChI is InChI=1S/C27H27ClF3N3O4/c1-3-13(2)23(33-22(35)11-16-19(30)5-4-6-20(16)31)25(36)34-27(26(37)38)8-7-21-17(12-27)15-9-14(29)10-18(28)24(15)32-21/h4-6,9-10,13,23,32H,3,7-8,11-12H2,1-2H3,(H,33,35)(H,34,36)(H,37,38). The van der Waals surface area contributed by atoms with Crippen molar-refractivity contribution in [2.45, 2.75) is 57.5 Å². The summed E-state index contributed by atoms with van der Waals surface area (Å²) in [5, 5.41) is 15.9. The van der Waals surface area contributed by atoms with Crippen LogP contribution in [0.5, 0.6) is 0 Å². The van der Waals surface area contributed by atoms with Gasteiger partial charge in [-0.2, -0.15) is 0 Å². The Bertz CT molecular complexity index is 1410. The third-order valence-corrected chi connectivity index (χ3v) is 7.58. The number of rotatable bonds is 8. The fraction of sp³-hybridized carbons (Fsp3) is 0.370. The molecule has 7 nitrogen and oxygen atoms in total. The molecule has 202 valence electrons. The molecule has 4 rings (SSSR count). The number of benzene rings is 2. The van der Waals surface area contributed by atoms with Gasteiger partial charge in [0, 0.05) is 23.1 Å². The maximum atomic E-state index is 14.1. The number of hydrogen-bond acceptors (Lipinski definition) is 3. The minimum absolute atomic E-state index is 0.0373. The van der Waals surface area contributed by atoms with E-state index in [1.807, 2.05) is 0 Å². The first-order valence-corrected chi connectivity index (χ1v) is 12.6. The maximum absolute atomic E-state index is 14.1. The van der Waals surface area contributed by atoms with Crippen LogP contribution < -0.4 is 10.6 Å². The van der Waals surface area contributed by atoms with Crippen molar-refractivity contribution in [3.63, 3.8) is 0 Å². The molecule has 1 aliphatic carbocycles. The van der Waals surface area contributed by atoms with Gasteiger partial charge in [0.1, 0.15) is 29.0 Å². The van der Waals surface area contributed by atoms with Crippen LogP contribution >= 0.6 is 11.6 Å². The van der Waals surface area contributed by atoms with Crippen LogP contribution in [0.2, 0.25) is 5.02 Å². The molecule has 38 heavy (non-hydrogen) atoms. The molecular formula is C27H27ClF3N3O4. The third kappa shape index (κ3) is 5.22. The number of carboxylic acid groups (broad SMARTS) is 1. The molecule has 0 saturated carbocycles. The van der Waals surface area contributed by atoms with E-state index in [4.69, 9.17) is 11.6 Å². The number of carbonyl (C=O) groups excluding carboxylic acids is 2. The smallest absolute Gasteiger partial charge is 0.329 e. The molecule has 11 heteroatoms. The molecule has 0 fully saturated rings. The number of fused-ring (bicyclic) bond motifs is 3. The molecule has 2 amide bonds. The zero-order chi connectivity index (χ0) is 27.8. The molecule has 4 N–H and O–H groups in total. The highest BCUT2D eigenvalue weighted by molar-refractivity contribution is 6.35. The largest absolute Gasteiger partial charge is 0.479 e. The molecular weight excluding hydrogens is 523 g/mol. The number of carboxylic acids is 1. The van der Waals surface area contributed by atoms with Gasteiger partial charge in [0.15, 0.2) is 0 Å². The van der Waals surface area contributed by atoms with Crippen LogP contribution in [0.15, 0.2) is 30.3 Å². The van der Waals surface area contributed by atoms with Crippen molar-refractivity contribution < 1.29 is 32.7 Å². The highest BCUT2D eigenvalue weighted by Crippen LogP contribution is 2.37. The number of aryl methyl sites for hydroxylation is 1. The van der Waals surface area contributed by atoms with E-state index in [1.54, 1.807) is 13.8 Å². The van der Waals surface area contributed by atoms with Gasteiger partial charge in [-0.3, -0.25) is 9.59 Å². The van der Waals surface area contributed by atoms with Crippen molar-refractivity contribution in [2.24, 2.45) is 5.92 Å². The average molecular weight is 550 g/mol. The number of H-pyrrole nitrogens is 1. The third-order valence-electron chi connectivity index (χ3n) is 7.28. The van der Waals surface area contributed by atoms with Gasteiger partial charge in [-0.1, -0.05) is 37.9 Å². The van der Waals surface area contributed by atoms with Crippen LogP contribution in [0.4, 0.5) is 13.2 Å². The van der Waals surface area contributed by atoms with Crippen LogP contribution in [-0.2, 0) is 33.6 Å². The summed E-state index contributed by atoms with van der Waals surface area (Å²) in [4.78, 5) is 41.8. The number of amides is 2. The number of carbonyl (C=O) groups is 3. The molecule has 1 aromatic heterocycles. The molecule has 0 bridgehead atoms. The zero-order valence-electron chi connectivity index (χ0n) is 20.8. The van der Waals surface area contributed by atoms with Gasteiger partial charge in [0.05, 0.1) is 17.0 Å². The Labute approximate surface area is 221 Å². The highest BCUT2D eigenvalue weighted by atomic mass is 35.5. The van der Waals surface area contributed by atoms with Crippen molar-refractivity contribution >= 4 is 40.3 Å². The van der Waals surface area contributed by atoms with Crippen molar-refractivity contribution in [3.05, 3.63) is 69.6 Å². The summed E-state index contributed by atoms with van der Waals surface area (Å²) in [5.41, 5.74) is -0.436. The predicted molar refractivity (Wildman–Crippen MR) is 135 cm³/mol. The molecule has 0 saturated heterocycles. The number of aliphatic carboxylic acids is 1. The molecule has 3 unspecified atom stereocenters. The lowest BCUT2D eigenvalue weighted by Crippen LogP contribution is -2.62. The van der Waals surface area contributed by atoms with Gasteiger partial charge < -0.3 is 20.7 Å². The maximum Gasteiger partial charge on any atom is 0.329 e. The van der Waals surface area contributed by atoms with Crippen molar-refractivity contribution in [3.8, 4) is 0 Å². The summed E-state index contributed by atoms with van der Waals surface area (Å²) in [6.45, 7) is 3.49. The lowest BCUT2D eigenvalue weighted by molar-refractivity contribution is -0.149. The molecule has 0 aliphatic heterocycles. The summed E-state index contributed by atoms with van der Waals surface area (Å²) < 4.78 is 42.2. The molecule has 3 atom stereocenters. The Morgan fingerprint density at radius 1 is 1.18 bits per heavy atom. The van der Waals surface area contributed by atoms with Crippen LogP contribution in [0.25, 0.3) is 10.9 Å². The monoisotopic (exact) mass is 549 g/mol. The topological polar surface area (TPSA) is 111 Å². The number of nitrogens with one attached hydrogen (secondary N) is 3.